The van der Waals surface area contributed by atoms with E-state index in [1.807, 2.05) is 5.38 Å². The average Bonchev–Trinajstić information content (AvgIpc) is 2.92. The van der Waals surface area contributed by atoms with Crippen LogP contribution in [0, 0.1) is 17.7 Å². The molecule has 1 fully saturated rings. The second kappa shape index (κ2) is 7.81. The Labute approximate surface area is 156 Å². The van der Waals surface area contributed by atoms with Crippen LogP contribution in [0.2, 0.25) is 5.02 Å². The van der Waals surface area contributed by atoms with Crippen LogP contribution in [0.1, 0.15) is 36.3 Å². The van der Waals surface area contributed by atoms with E-state index < -0.39 is 11.7 Å². The first kappa shape index (κ1) is 18.3. The van der Waals surface area contributed by atoms with Gasteiger partial charge in [0.1, 0.15) is 5.82 Å². The van der Waals surface area contributed by atoms with E-state index in [1.54, 1.807) is 0 Å². The standard InChI is InChI=1S/C18H21ClFN3OS/c1-11-5-12(2)8-23(7-11)9-14-10-25-18(21-14)22-17(24)15-4-3-13(19)6-16(15)20/h3-4,6,10-12H,5,7-9H2,1-2H3,(H,21,22,24). The van der Waals surface area contributed by atoms with Crippen LogP contribution in [0.5, 0.6) is 0 Å². The lowest BCUT2D eigenvalue weighted by Crippen LogP contribution is -2.38. The fourth-order valence-corrected chi connectivity index (χ4v) is 4.28. The molecule has 1 aromatic carbocycles. The Morgan fingerprint density at radius 3 is 2.80 bits per heavy atom. The molecule has 2 heterocycles. The number of anilines is 1. The molecule has 1 aromatic heterocycles. The van der Waals surface area contributed by atoms with Crippen LogP contribution in [-0.4, -0.2) is 28.9 Å². The topological polar surface area (TPSA) is 45.2 Å². The molecule has 1 saturated heterocycles. The Bertz CT molecular complexity index is 757. The van der Waals surface area contributed by atoms with E-state index >= 15 is 0 Å². The summed E-state index contributed by atoms with van der Waals surface area (Å²) in [5.41, 5.74) is 0.887. The number of nitrogens with one attached hydrogen (secondary N) is 1. The number of hydrogen-bond donors (Lipinski definition) is 1. The maximum atomic E-state index is 13.8. The Morgan fingerprint density at radius 1 is 1.40 bits per heavy atom. The molecular formula is C18H21ClFN3OS. The van der Waals surface area contributed by atoms with Gasteiger partial charge in [-0.2, -0.15) is 0 Å². The van der Waals surface area contributed by atoms with Crippen LogP contribution >= 0.6 is 22.9 Å². The molecule has 1 amide bonds. The lowest BCUT2D eigenvalue weighted by molar-refractivity contribution is 0.102. The molecule has 0 aliphatic carbocycles. The van der Waals surface area contributed by atoms with E-state index in [2.05, 4.69) is 29.0 Å². The molecule has 7 heteroatoms. The van der Waals surface area contributed by atoms with Crippen molar-refractivity contribution in [3.8, 4) is 0 Å². The molecule has 134 valence electrons. The van der Waals surface area contributed by atoms with Crippen LogP contribution in [0.3, 0.4) is 0 Å². The monoisotopic (exact) mass is 381 g/mol. The molecule has 0 bridgehead atoms. The van der Waals surface area contributed by atoms with Crippen molar-refractivity contribution in [2.75, 3.05) is 18.4 Å². The van der Waals surface area contributed by atoms with Gasteiger partial charge in [0.05, 0.1) is 11.3 Å². The summed E-state index contributed by atoms with van der Waals surface area (Å²) in [4.78, 5) is 19.1. The van der Waals surface area contributed by atoms with Crippen molar-refractivity contribution < 1.29 is 9.18 Å². The zero-order valence-electron chi connectivity index (χ0n) is 14.3. The molecule has 0 radical (unpaired) electrons. The van der Waals surface area contributed by atoms with Crippen LogP contribution in [0.25, 0.3) is 0 Å². The number of likely N-dealkylation sites (tertiary alicyclic amines) is 1. The number of amides is 1. The minimum atomic E-state index is -0.641. The van der Waals surface area contributed by atoms with Gasteiger partial charge in [-0.05, 0) is 36.5 Å². The highest BCUT2D eigenvalue weighted by Crippen LogP contribution is 2.24. The summed E-state index contributed by atoms with van der Waals surface area (Å²) >= 11 is 7.07. The third-order valence-corrected chi connectivity index (χ3v) is 5.32. The minimum absolute atomic E-state index is 0.0418. The Balaban J connectivity index is 1.62. The van der Waals surface area contributed by atoms with Crippen LogP contribution in [-0.2, 0) is 6.54 Å². The third kappa shape index (κ3) is 4.77. The van der Waals surface area contributed by atoms with Gasteiger partial charge >= 0.3 is 0 Å². The minimum Gasteiger partial charge on any atom is -0.298 e. The van der Waals surface area contributed by atoms with Gasteiger partial charge in [-0.3, -0.25) is 15.0 Å². The number of carbonyl (C=O) groups excluding carboxylic acids is 1. The van der Waals surface area contributed by atoms with E-state index in [0.717, 1.165) is 31.4 Å². The summed E-state index contributed by atoms with van der Waals surface area (Å²) in [5.74, 6) is 0.220. The summed E-state index contributed by atoms with van der Waals surface area (Å²) < 4.78 is 13.8. The Morgan fingerprint density at radius 2 is 2.12 bits per heavy atom. The number of rotatable bonds is 4. The second-order valence-corrected chi connectivity index (χ2v) is 8.16. The van der Waals surface area contributed by atoms with Crippen LogP contribution in [0.4, 0.5) is 9.52 Å². The number of nitrogens with zero attached hydrogens (tertiary/aromatic N) is 2. The van der Waals surface area contributed by atoms with E-state index in [9.17, 15) is 9.18 Å². The fourth-order valence-electron chi connectivity index (χ4n) is 3.43. The molecule has 1 aliphatic heterocycles. The van der Waals surface area contributed by atoms with Crippen molar-refractivity contribution >= 4 is 34.0 Å². The highest BCUT2D eigenvalue weighted by molar-refractivity contribution is 7.13. The molecule has 0 spiro atoms. The Hall–Kier alpha value is -1.50. The van der Waals surface area contributed by atoms with Crippen LogP contribution in [0.15, 0.2) is 23.6 Å². The molecule has 3 rings (SSSR count). The predicted molar refractivity (Wildman–Crippen MR) is 99.7 cm³/mol. The van der Waals surface area contributed by atoms with Gasteiger partial charge < -0.3 is 0 Å². The lowest BCUT2D eigenvalue weighted by atomic mass is 9.92. The zero-order chi connectivity index (χ0) is 18.0. The van der Waals surface area contributed by atoms with Gasteiger partial charge in [0, 0.05) is 30.0 Å². The molecule has 0 saturated carbocycles. The van der Waals surface area contributed by atoms with Gasteiger partial charge in [0.2, 0.25) is 0 Å². The van der Waals surface area contributed by atoms with E-state index in [0.29, 0.717) is 17.0 Å². The van der Waals surface area contributed by atoms with Gasteiger partial charge in [-0.1, -0.05) is 25.4 Å². The second-order valence-electron chi connectivity index (χ2n) is 6.86. The van der Waals surface area contributed by atoms with Crippen LogP contribution < -0.4 is 5.32 Å². The van der Waals surface area contributed by atoms with E-state index in [1.165, 1.54) is 29.9 Å². The molecule has 1 aliphatic rings. The SMILES string of the molecule is CC1CC(C)CN(Cc2csc(NC(=O)c3ccc(Cl)cc3F)n2)C1. The number of hydrogen-bond acceptors (Lipinski definition) is 4. The van der Waals surface area contributed by atoms with Crippen molar-refractivity contribution in [2.45, 2.75) is 26.8 Å². The first-order valence-electron chi connectivity index (χ1n) is 8.34. The predicted octanol–water partition coefficient (Wildman–Crippen LogP) is 4.67. The highest BCUT2D eigenvalue weighted by atomic mass is 35.5. The van der Waals surface area contributed by atoms with Crippen molar-refractivity contribution in [3.63, 3.8) is 0 Å². The molecule has 1 N–H and O–H groups in total. The zero-order valence-corrected chi connectivity index (χ0v) is 15.8. The summed E-state index contributed by atoms with van der Waals surface area (Å²) in [5, 5.41) is 5.34. The number of carbonyl (C=O) groups is 1. The van der Waals surface area contributed by atoms with Crippen molar-refractivity contribution in [1.82, 2.24) is 9.88 Å². The maximum absolute atomic E-state index is 13.8. The van der Waals surface area contributed by atoms with Crippen molar-refractivity contribution in [1.29, 1.82) is 0 Å². The molecule has 2 atom stereocenters. The molecule has 2 aromatic rings. The van der Waals surface area contributed by atoms with Gasteiger partial charge in [0.15, 0.2) is 5.13 Å². The van der Waals surface area contributed by atoms with Gasteiger partial charge in [-0.25, -0.2) is 9.37 Å². The molecule has 25 heavy (non-hydrogen) atoms. The normalized spacial score (nSPS) is 21.3. The average molecular weight is 382 g/mol. The largest absolute Gasteiger partial charge is 0.298 e. The van der Waals surface area contributed by atoms with Gasteiger partial charge in [-0.15, -0.1) is 11.3 Å². The number of thiazole rings is 1. The number of aromatic nitrogens is 1. The number of benzene rings is 1. The third-order valence-electron chi connectivity index (χ3n) is 4.28. The van der Waals surface area contributed by atoms with E-state index in [-0.39, 0.29) is 10.6 Å². The van der Waals surface area contributed by atoms with E-state index in [4.69, 9.17) is 11.6 Å². The molecule has 4 nitrogen and oxygen atoms in total. The maximum Gasteiger partial charge on any atom is 0.260 e. The highest BCUT2D eigenvalue weighted by Gasteiger charge is 2.22. The summed E-state index contributed by atoms with van der Waals surface area (Å²) in [6, 6.07) is 3.99. The van der Waals surface area contributed by atoms with Gasteiger partial charge in [0.25, 0.3) is 5.91 Å². The number of halogens is 2. The summed E-state index contributed by atoms with van der Waals surface area (Å²) in [7, 11) is 0. The first-order valence-corrected chi connectivity index (χ1v) is 9.59. The quantitative estimate of drug-likeness (QED) is 0.837. The molecule has 2 unspecified atom stereocenters. The lowest BCUT2D eigenvalue weighted by Gasteiger charge is -2.34. The number of piperidine rings is 1. The summed E-state index contributed by atoms with van der Waals surface area (Å²) in [6.07, 6.45) is 1.27. The summed E-state index contributed by atoms with van der Waals surface area (Å²) in [6.45, 7) is 7.46. The smallest absolute Gasteiger partial charge is 0.260 e. The first-order chi connectivity index (χ1) is 11.9. The Kier molecular flexibility index (Phi) is 5.71. The van der Waals surface area contributed by atoms with Crippen molar-refractivity contribution in [3.05, 3.63) is 45.7 Å². The fraction of sp³-hybridized carbons (Fsp3) is 0.444. The van der Waals surface area contributed by atoms with Crippen molar-refractivity contribution in [2.24, 2.45) is 11.8 Å². The molecular weight excluding hydrogens is 361 g/mol.